The van der Waals surface area contributed by atoms with Gasteiger partial charge in [0.2, 0.25) is 0 Å². The summed E-state index contributed by atoms with van der Waals surface area (Å²) in [4.78, 5) is 1.35. The number of rotatable bonds is 1. The summed E-state index contributed by atoms with van der Waals surface area (Å²) in [6.07, 6.45) is 2.10. The van der Waals surface area contributed by atoms with Crippen molar-refractivity contribution in [2.24, 2.45) is 0 Å². The highest BCUT2D eigenvalue weighted by atomic mass is 79.9. The minimum atomic E-state index is 1.20. The quantitative estimate of drug-likeness (QED) is 0.662. The molecule has 0 radical (unpaired) electrons. The average Bonchev–Trinajstić information content (AvgIpc) is 1.97. The molecule has 0 aliphatic heterocycles. The lowest BCUT2D eigenvalue weighted by Gasteiger charge is -2.05. The van der Waals surface area contributed by atoms with Crippen molar-refractivity contribution >= 4 is 27.7 Å². The normalized spacial score (nSPS) is 10.2. The third kappa shape index (κ3) is 2.00. The van der Waals surface area contributed by atoms with Crippen molar-refractivity contribution in [1.29, 1.82) is 0 Å². The average molecular weight is 231 g/mol. The number of hydrogen-bond acceptors (Lipinski definition) is 1. The molecular formula is C9H11BrS. The van der Waals surface area contributed by atoms with Crippen molar-refractivity contribution in [2.45, 2.75) is 18.7 Å². The van der Waals surface area contributed by atoms with E-state index in [1.165, 1.54) is 20.5 Å². The predicted octanol–water partition coefficient (Wildman–Crippen LogP) is 3.79. The molecule has 2 heteroatoms. The van der Waals surface area contributed by atoms with Gasteiger partial charge in [0, 0.05) is 9.37 Å². The van der Waals surface area contributed by atoms with Crippen LogP contribution in [-0.2, 0) is 0 Å². The van der Waals surface area contributed by atoms with E-state index >= 15 is 0 Å². The summed E-state index contributed by atoms with van der Waals surface area (Å²) in [5.74, 6) is 0. The molecule has 0 spiro atoms. The first kappa shape index (κ1) is 9.14. The fourth-order valence-corrected chi connectivity index (χ4v) is 2.14. The third-order valence-electron chi connectivity index (χ3n) is 1.68. The Kier molecular flexibility index (Phi) is 3.02. The van der Waals surface area contributed by atoms with Crippen LogP contribution in [0.1, 0.15) is 11.1 Å². The molecule has 0 aliphatic rings. The Labute approximate surface area is 80.5 Å². The Balaban J connectivity index is 3.21. The lowest BCUT2D eigenvalue weighted by molar-refractivity contribution is 1.25. The van der Waals surface area contributed by atoms with E-state index in [0.29, 0.717) is 0 Å². The molecule has 0 N–H and O–H groups in total. The van der Waals surface area contributed by atoms with Gasteiger partial charge in [-0.2, -0.15) is 0 Å². The second-order valence-electron chi connectivity index (χ2n) is 2.57. The summed E-state index contributed by atoms with van der Waals surface area (Å²) in [5.41, 5.74) is 2.67. The Morgan fingerprint density at radius 2 is 1.82 bits per heavy atom. The third-order valence-corrected chi connectivity index (χ3v) is 3.41. The van der Waals surface area contributed by atoms with Crippen molar-refractivity contribution < 1.29 is 0 Å². The van der Waals surface area contributed by atoms with Gasteiger partial charge in [-0.1, -0.05) is 22.0 Å². The van der Waals surface area contributed by atoms with Gasteiger partial charge in [0.25, 0.3) is 0 Å². The maximum Gasteiger partial charge on any atom is 0.0215 e. The molecule has 1 aromatic carbocycles. The van der Waals surface area contributed by atoms with E-state index in [4.69, 9.17) is 0 Å². The second-order valence-corrected chi connectivity index (χ2v) is 4.27. The van der Waals surface area contributed by atoms with Gasteiger partial charge in [-0.15, -0.1) is 11.8 Å². The van der Waals surface area contributed by atoms with Crippen molar-refractivity contribution in [3.05, 3.63) is 27.7 Å². The van der Waals surface area contributed by atoms with Gasteiger partial charge in [-0.05, 0) is 37.3 Å². The van der Waals surface area contributed by atoms with Crippen LogP contribution < -0.4 is 0 Å². The van der Waals surface area contributed by atoms with E-state index in [2.05, 4.69) is 48.2 Å². The van der Waals surface area contributed by atoms with Crippen LogP contribution in [-0.4, -0.2) is 6.26 Å². The van der Waals surface area contributed by atoms with Gasteiger partial charge in [0.15, 0.2) is 0 Å². The summed E-state index contributed by atoms with van der Waals surface area (Å²) >= 11 is 5.30. The summed E-state index contributed by atoms with van der Waals surface area (Å²) in [5, 5.41) is 0. The molecular weight excluding hydrogens is 220 g/mol. The van der Waals surface area contributed by atoms with Crippen molar-refractivity contribution in [3.8, 4) is 0 Å². The molecule has 0 amide bonds. The molecule has 0 saturated heterocycles. The fraction of sp³-hybridized carbons (Fsp3) is 0.333. The zero-order valence-corrected chi connectivity index (χ0v) is 9.34. The Morgan fingerprint density at radius 1 is 1.18 bits per heavy atom. The highest BCUT2D eigenvalue weighted by Gasteiger charge is 2.00. The van der Waals surface area contributed by atoms with Crippen molar-refractivity contribution in [1.82, 2.24) is 0 Å². The first-order chi connectivity index (χ1) is 5.15. The van der Waals surface area contributed by atoms with Gasteiger partial charge < -0.3 is 0 Å². The van der Waals surface area contributed by atoms with Gasteiger partial charge in [0.05, 0.1) is 0 Å². The van der Waals surface area contributed by atoms with E-state index in [0.717, 1.165) is 0 Å². The maximum atomic E-state index is 3.51. The molecule has 0 fully saturated rings. The molecule has 1 aromatic rings. The maximum absolute atomic E-state index is 3.51. The SMILES string of the molecule is CSc1cc(Br)c(C)cc1C. The molecule has 0 saturated carbocycles. The predicted molar refractivity (Wildman–Crippen MR) is 55.4 cm³/mol. The minimum absolute atomic E-state index is 1.20. The number of hydrogen-bond donors (Lipinski definition) is 0. The van der Waals surface area contributed by atoms with Crippen LogP contribution in [0, 0.1) is 13.8 Å². The largest absolute Gasteiger partial charge is 0.129 e. The highest BCUT2D eigenvalue weighted by Crippen LogP contribution is 2.26. The Morgan fingerprint density at radius 3 is 2.36 bits per heavy atom. The van der Waals surface area contributed by atoms with Crippen molar-refractivity contribution in [2.75, 3.05) is 6.26 Å². The second kappa shape index (κ2) is 3.63. The lowest BCUT2D eigenvalue weighted by atomic mass is 10.2. The van der Waals surface area contributed by atoms with E-state index in [9.17, 15) is 0 Å². The molecule has 0 bridgehead atoms. The molecule has 60 valence electrons. The first-order valence-corrected chi connectivity index (χ1v) is 5.47. The minimum Gasteiger partial charge on any atom is -0.129 e. The number of aryl methyl sites for hydroxylation is 2. The number of halogens is 1. The van der Waals surface area contributed by atoms with Crippen LogP contribution >= 0.6 is 27.7 Å². The molecule has 11 heavy (non-hydrogen) atoms. The van der Waals surface area contributed by atoms with Crippen LogP contribution in [0.15, 0.2) is 21.5 Å². The molecule has 1 rings (SSSR count). The molecule has 0 unspecified atom stereocenters. The fourth-order valence-electron chi connectivity index (χ4n) is 1.03. The smallest absolute Gasteiger partial charge is 0.0215 e. The topological polar surface area (TPSA) is 0 Å². The summed E-state index contributed by atoms with van der Waals surface area (Å²) in [6, 6.07) is 4.38. The number of benzene rings is 1. The summed E-state index contributed by atoms with van der Waals surface area (Å²) in [6.45, 7) is 4.26. The molecule has 0 heterocycles. The van der Waals surface area contributed by atoms with Gasteiger partial charge >= 0.3 is 0 Å². The molecule has 0 aromatic heterocycles. The zero-order valence-electron chi connectivity index (χ0n) is 6.94. The van der Waals surface area contributed by atoms with E-state index < -0.39 is 0 Å². The summed E-state index contributed by atoms with van der Waals surface area (Å²) in [7, 11) is 0. The van der Waals surface area contributed by atoms with Gasteiger partial charge in [-0.3, -0.25) is 0 Å². The van der Waals surface area contributed by atoms with E-state index in [1.54, 1.807) is 11.8 Å². The van der Waals surface area contributed by atoms with Gasteiger partial charge in [-0.25, -0.2) is 0 Å². The Hall–Kier alpha value is 0.0500. The van der Waals surface area contributed by atoms with E-state index in [-0.39, 0.29) is 0 Å². The monoisotopic (exact) mass is 230 g/mol. The molecule has 0 aliphatic carbocycles. The standard InChI is InChI=1S/C9H11BrS/c1-6-4-7(2)9(11-3)5-8(6)10/h4-5H,1-3H3. The van der Waals surface area contributed by atoms with Crippen LogP contribution in [0.3, 0.4) is 0 Å². The summed E-state index contributed by atoms with van der Waals surface area (Å²) < 4.78 is 1.20. The van der Waals surface area contributed by atoms with Crippen LogP contribution in [0.5, 0.6) is 0 Å². The molecule has 0 atom stereocenters. The van der Waals surface area contributed by atoms with E-state index in [1.807, 2.05) is 0 Å². The van der Waals surface area contributed by atoms with Crippen LogP contribution in [0.4, 0.5) is 0 Å². The Bertz CT molecular complexity index is 269. The lowest BCUT2D eigenvalue weighted by Crippen LogP contribution is -1.82. The van der Waals surface area contributed by atoms with Crippen LogP contribution in [0.2, 0.25) is 0 Å². The molecule has 0 nitrogen and oxygen atoms in total. The van der Waals surface area contributed by atoms with Crippen LogP contribution in [0.25, 0.3) is 0 Å². The number of thioether (sulfide) groups is 1. The van der Waals surface area contributed by atoms with Crippen molar-refractivity contribution in [3.63, 3.8) is 0 Å². The first-order valence-electron chi connectivity index (χ1n) is 3.46. The highest BCUT2D eigenvalue weighted by molar-refractivity contribution is 9.10. The zero-order chi connectivity index (χ0) is 8.43. The van der Waals surface area contributed by atoms with Gasteiger partial charge in [0.1, 0.15) is 0 Å².